The zero-order valence-electron chi connectivity index (χ0n) is 12.7. The summed E-state index contributed by atoms with van der Waals surface area (Å²) in [5.41, 5.74) is 9.02. The minimum absolute atomic E-state index is 0. The Morgan fingerprint density at radius 2 is 2.00 bits per heavy atom. The van der Waals surface area contributed by atoms with E-state index in [1.54, 1.807) is 12.1 Å². The van der Waals surface area contributed by atoms with Crippen LogP contribution in [0.4, 0.5) is 4.39 Å². The Kier molecular flexibility index (Phi) is 5.74. The predicted octanol–water partition coefficient (Wildman–Crippen LogP) is 2.92. The topological polar surface area (TPSA) is 55.1 Å². The van der Waals surface area contributed by atoms with E-state index < -0.39 is 6.04 Å². The monoisotopic (exact) mass is 334 g/mol. The second-order valence-corrected chi connectivity index (χ2v) is 5.74. The SMILES string of the molecule is Cl.N[C@@H](Cc1ccccc1)C(=O)NC1CCc2cc(F)ccc21. The predicted molar refractivity (Wildman–Crippen MR) is 91.0 cm³/mol. The highest BCUT2D eigenvalue weighted by molar-refractivity contribution is 5.85. The van der Waals surface area contributed by atoms with E-state index in [9.17, 15) is 9.18 Å². The van der Waals surface area contributed by atoms with Crippen molar-refractivity contribution in [2.24, 2.45) is 5.73 Å². The van der Waals surface area contributed by atoms with Crippen LogP contribution in [0.25, 0.3) is 0 Å². The molecule has 2 atom stereocenters. The van der Waals surface area contributed by atoms with Gasteiger partial charge in [0.15, 0.2) is 0 Å². The van der Waals surface area contributed by atoms with Crippen molar-refractivity contribution in [1.29, 1.82) is 0 Å². The number of carbonyl (C=O) groups excluding carboxylic acids is 1. The molecule has 0 bridgehead atoms. The van der Waals surface area contributed by atoms with Gasteiger partial charge in [-0.05, 0) is 48.1 Å². The van der Waals surface area contributed by atoms with Gasteiger partial charge in [-0.1, -0.05) is 36.4 Å². The first-order valence-electron chi connectivity index (χ1n) is 7.51. The van der Waals surface area contributed by atoms with E-state index in [0.29, 0.717) is 6.42 Å². The van der Waals surface area contributed by atoms with Crippen molar-refractivity contribution in [3.05, 3.63) is 71.0 Å². The average molecular weight is 335 g/mol. The standard InChI is InChI=1S/C18H19FN2O.ClH/c19-14-7-8-15-13(11-14)6-9-17(15)21-18(22)16(20)10-12-4-2-1-3-5-12;/h1-5,7-8,11,16-17H,6,9-10,20H2,(H,21,22);1H/t16-,17?;/m0./s1. The fraction of sp³-hybridized carbons (Fsp3) is 0.278. The summed E-state index contributed by atoms with van der Waals surface area (Å²) in [4.78, 5) is 12.3. The van der Waals surface area contributed by atoms with Crippen molar-refractivity contribution in [2.45, 2.75) is 31.3 Å². The van der Waals surface area contributed by atoms with Crippen LogP contribution in [0.15, 0.2) is 48.5 Å². The van der Waals surface area contributed by atoms with E-state index in [2.05, 4.69) is 5.32 Å². The summed E-state index contributed by atoms with van der Waals surface area (Å²) in [6, 6.07) is 13.8. The van der Waals surface area contributed by atoms with E-state index in [1.165, 1.54) is 6.07 Å². The minimum atomic E-state index is -0.577. The fourth-order valence-electron chi connectivity index (χ4n) is 2.98. The molecule has 1 aliphatic rings. The summed E-state index contributed by atoms with van der Waals surface area (Å²) in [5.74, 6) is -0.391. The van der Waals surface area contributed by atoms with Crippen LogP contribution >= 0.6 is 12.4 Å². The van der Waals surface area contributed by atoms with Gasteiger partial charge in [-0.25, -0.2) is 4.39 Å². The third-order valence-corrected chi connectivity index (χ3v) is 4.13. The van der Waals surface area contributed by atoms with Crippen LogP contribution in [-0.4, -0.2) is 11.9 Å². The molecule has 0 radical (unpaired) electrons. The molecule has 2 aromatic carbocycles. The molecular weight excluding hydrogens is 315 g/mol. The van der Waals surface area contributed by atoms with Gasteiger partial charge in [0.05, 0.1) is 12.1 Å². The lowest BCUT2D eigenvalue weighted by Crippen LogP contribution is -2.43. The van der Waals surface area contributed by atoms with Crippen LogP contribution in [0.5, 0.6) is 0 Å². The fourth-order valence-corrected chi connectivity index (χ4v) is 2.98. The highest BCUT2D eigenvalue weighted by atomic mass is 35.5. The van der Waals surface area contributed by atoms with Gasteiger partial charge in [0.2, 0.25) is 5.91 Å². The second-order valence-electron chi connectivity index (χ2n) is 5.74. The molecule has 3 nitrogen and oxygen atoms in total. The summed E-state index contributed by atoms with van der Waals surface area (Å²) in [6.45, 7) is 0. The van der Waals surface area contributed by atoms with Gasteiger partial charge in [0.1, 0.15) is 5.82 Å². The zero-order valence-corrected chi connectivity index (χ0v) is 13.5. The molecule has 0 aliphatic heterocycles. The highest BCUT2D eigenvalue weighted by Gasteiger charge is 2.26. The average Bonchev–Trinajstić information content (AvgIpc) is 2.90. The number of carbonyl (C=O) groups is 1. The molecule has 0 fully saturated rings. The molecule has 0 aromatic heterocycles. The van der Waals surface area contributed by atoms with Gasteiger partial charge >= 0.3 is 0 Å². The third kappa shape index (κ3) is 4.09. The maximum atomic E-state index is 13.2. The number of nitrogens with two attached hydrogens (primary N) is 1. The van der Waals surface area contributed by atoms with Crippen LogP contribution in [-0.2, 0) is 17.6 Å². The highest BCUT2D eigenvalue weighted by Crippen LogP contribution is 2.31. The normalized spacial score (nSPS) is 17.0. The number of nitrogens with one attached hydrogen (secondary N) is 1. The molecular formula is C18H20ClFN2O. The van der Waals surface area contributed by atoms with E-state index in [-0.39, 0.29) is 30.2 Å². The molecule has 0 spiro atoms. The van der Waals surface area contributed by atoms with Gasteiger partial charge in [0, 0.05) is 0 Å². The van der Waals surface area contributed by atoms with Crippen LogP contribution in [0.1, 0.15) is 29.2 Å². The van der Waals surface area contributed by atoms with Crippen molar-refractivity contribution in [1.82, 2.24) is 5.32 Å². The Bertz CT molecular complexity index is 678. The van der Waals surface area contributed by atoms with E-state index >= 15 is 0 Å². The molecule has 5 heteroatoms. The van der Waals surface area contributed by atoms with Crippen molar-refractivity contribution < 1.29 is 9.18 Å². The van der Waals surface area contributed by atoms with Crippen molar-refractivity contribution in [3.63, 3.8) is 0 Å². The minimum Gasteiger partial charge on any atom is -0.348 e. The molecule has 23 heavy (non-hydrogen) atoms. The van der Waals surface area contributed by atoms with Gasteiger partial charge < -0.3 is 11.1 Å². The summed E-state index contributed by atoms with van der Waals surface area (Å²) >= 11 is 0. The lowest BCUT2D eigenvalue weighted by atomic mass is 10.0. The Labute approximate surface area is 141 Å². The van der Waals surface area contributed by atoms with Gasteiger partial charge in [-0.2, -0.15) is 0 Å². The number of aryl methyl sites for hydroxylation is 1. The number of hydrogen-bond donors (Lipinski definition) is 2. The Morgan fingerprint density at radius 3 is 2.74 bits per heavy atom. The lowest BCUT2D eigenvalue weighted by molar-refractivity contribution is -0.123. The second kappa shape index (κ2) is 7.57. The van der Waals surface area contributed by atoms with E-state index in [1.807, 2.05) is 30.3 Å². The Morgan fingerprint density at radius 1 is 1.26 bits per heavy atom. The molecule has 1 aliphatic carbocycles. The summed E-state index contributed by atoms with van der Waals surface area (Å²) in [7, 11) is 0. The maximum absolute atomic E-state index is 13.2. The van der Waals surface area contributed by atoms with E-state index in [0.717, 1.165) is 29.5 Å². The van der Waals surface area contributed by atoms with Crippen LogP contribution < -0.4 is 11.1 Å². The van der Waals surface area contributed by atoms with Gasteiger partial charge in [-0.3, -0.25) is 4.79 Å². The molecule has 122 valence electrons. The summed E-state index contributed by atoms with van der Waals surface area (Å²) in [6.07, 6.45) is 2.09. The number of halogens is 2. The molecule has 0 saturated heterocycles. The number of benzene rings is 2. The first-order chi connectivity index (χ1) is 10.6. The molecule has 1 amide bonds. The first kappa shape index (κ1) is 17.4. The Hall–Kier alpha value is -1.91. The number of rotatable bonds is 4. The number of fused-ring (bicyclic) bond motifs is 1. The van der Waals surface area contributed by atoms with Crippen molar-refractivity contribution in [2.75, 3.05) is 0 Å². The molecule has 0 saturated carbocycles. The first-order valence-corrected chi connectivity index (χ1v) is 7.51. The molecule has 3 N–H and O–H groups in total. The summed E-state index contributed by atoms with van der Waals surface area (Å²) < 4.78 is 13.2. The van der Waals surface area contributed by atoms with Crippen molar-refractivity contribution in [3.8, 4) is 0 Å². The molecule has 1 unspecified atom stereocenters. The maximum Gasteiger partial charge on any atom is 0.237 e. The number of hydrogen-bond acceptors (Lipinski definition) is 2. The lowest BCUT2D eigenvalue weighted by Gasteiger charge is -2.18. The molecule has 3 rings (SSSR count). The Balaban J connectivity index is 0.00000192. The quantitative estimate of drug-likeness (QED) is 0.903. The van der Waals surface area contributed by atoms with Gasteiger partial charge in [0.25, 0.3) is 0 Å². The van der Waals surface area contributed by atoms with Crippen LogP contribution in [0, 0.1) is 5.82 Å². The van der Waals surface area contributed by atoms with Crippen molar-refractivity contribution >= 4 is 18.3 Å². The summed E-state index contributed by atoms with van der Waals surface area (Å²) in [5, 5.41) is 2.99. The molecule has 0 heterocycles. The van der Waals surface area contributed by atoms with E-state index in [4.69, 9.17) is 5.73 Å². The zero-order chi connectivity index (χ0) is 15.5. The smallest absolute Gasteiger partial charge is 0.237 e. The van der Waals surface area contributed by atoms with Crippen LogP contribution in [0.2, 0.25) is 0 Å². The largest absolute Gasteiger partial charge is 0.348 e. The van der Waals surface area contributed by atoms with Gasteiger partial charge in [-0.15, -0.1) is 12.4 Å². The van der Waals surface area contributed by atoms with Crippen LogP contribution in [0.3, 0.4) is 0 Å². The molecule has 2 aromatic rings. The third-order valence-electron chi connectivity index (χ3n) is 4.13. The number of amides is 1.